The van der Waals surface area contributed by atoms with E-state index in [-0.39, 0.29) is 5.82 Å². The molecule has 1 aromatic carbocycles. The molecular weight excluding hydrogens is 321 g/mol. The summed E-state index contributed by atoms with van der Waals surface area (Å²) < 4.78 is 20.3. The van der Waals surface area contributed by atoms with Gasteiger partial charge in [0, 0.05) is 39.1 Å². The molecule has 0 aliphatic rings. The van der Waals surface area contributed by atoms with Crippen molar-refractivity contribution < 1.29 is 9.13 Å². The van der Waals surface area contributed by atoms with Crippen molar-refractivity contribution in [3.63, 3.8) is 0 Å². The summed E-state index contributed by atoms with van der Waals surface area (Å²) in [5, 5.41) is 10.7. The zero-order valence-corrected chi connectivity index (χ0v) is 14.6. The molecule has 2 rings (SSSR count). The fourth-order valence-electron chi connectivity index (χ4n) is 2.26. The van der Waals surface area contributed by atoms with Crippen LogP contribution in [0.5, 0.6) is 5.75 Å². The van der Waals surface area contributed by atoms with Crippen LogP contribution in [0.25, 0.3) is 0 Å². The van der Waals surface area contributed by atoms with Gasteiger partial charge in [-0.3, -0.25) is 9.67 Å². The lowest BCUT2D eigenvalue weighted by atomic mass is 10.3. The van der Waals surface area contributed by atoms with Crippen molar-refractivity contribution >= 4 is 5.96 Å². The van der Waals surface area contributed by atoms with E-state index in [0.717, 1.165) is 44.9 Å². The molecule has 0 spiro atoms. The van der Waals surface area contributed by atoms with Crippen LogP contribution < -0.4 is 15.4 Å². The van der Waals surface area contributed by atoms with E-state index in [0.29, 0.717) is 12.4 Å². The maximum Gasteiger partial charge on any atom is 0.190 e. The number of rotatable bonds is 10. The molecule has 25 heavy (non-hydrogen) atoms. The minimum absolute atomic E-state index is 0.250. The summed E-state index contributed by atoms with van der Waals surface area (Å²) in [4.78, 5) is 4.20. The van der Waals surface area contributed by atoms with E-state index >= 15 is 0 Å². The molecule has 0 amide bonds. The molecule has 0 aliphatic carbocycles. The Morgan fingerprint density at radius 1 is 1.16 bits per heavy atom. The molecule has 0 fully saturated rings. The third-order valence-electron chi connectivity index (χ3n) is 3.59. The Balaban J connectivity index is 1.48. The molecule has 0 atom stereocenters. The van der Waals surface area contributed by atoms with Gasteiger partial charge < -0.3 is 15.4 Å². The summed E-state index contributed by atoms with van der Waals surface area (Å²) in [5.41, 5.74) is 0. The predicted octanol–water partition coefficient (Wildman–Crippen LogP) is 2.44. The molecule has 1 aromatic heterocycles. The van der Waals surface area contributed by atoms with Gasteiger partial charge in [0.2, 0.25) is 0 Å². The first kappa shape index (κ1) is 18.8. The SMILES string of the molecule is CN=C(NCCCCOc1ccc(F)cc1)NCCCn1cccn1. The Kier molecular flexibility index (Phi) is 8.31. The van der Waals surface area contributed by atoms with E-state index in [9.17, 15) is 4.39 Å². The first-order valence-corrected chi connectivity index (χ1v) is 8.58. The van der Waals surface area contributed by atoms with Crippen molar-refractivity contribution in [1.82, 2.24) is 20.4 Å². The number of hydrogen-bond donors (Lipinski definition) is 2. The summed E-state index contributed by atoms with van der Waals surface area (Å²) >= 11 is 0. The quantitative estimate of drug-likeness (QED) is 0.394. The van der Waals surface area contributed by atoms with Crippen molar-refractivity contribution in [3.05, 3.63) is 48.5 Å². The number of ether oxygens (including phenoxy) is 1. The van der Waals surface area contributed by atoms with Crippen LogP contribution in [0.15, 0.2) is 47.7 Å². The monoisotopic (exact) mass is 347 g/mol. The van der Waals surface area contributed by atoms with Gasteiger partial charge in [-0.1, -0.05) is 0 Å². The van der Waals surface area contributed by atoms with Crippen molar-refractivity contribution in [1.29, 1.82) is 0 Å². The van der Waals surface area contributed by atoms with Crippen molar-refractivity contribution in [3.8, 4) is 5.75 Å². The number of guanidine groups is 1. The van der Waals surface area contributed by atoms with Gasteiger partial charge in [0.25, 0.3) is 0 Å². The zero-order chi connectivity index (χ0) is 17.7. The number of unbranched alkanes of at least 4 members (excludes halogenated alkanes) is 1. The Morgan fingerprint density at radius 3 is 2.60 bits per heavy atom. The fourth-order valence-corrected chi connectivity index (χ4v) is 2.26. The largest absolute Gasteiger partial charge is 0.494 e. The van der Waals surface area contributed by atoms with Gasteiger partial charge in [-0.05, 0) is 49.6 Å². The van der Waals surface area contributed by atoms with E-state index in [1.807, 2.05) is 16.9 Å². The molecule has 2 N–H and O–H groups in total. The summed E-state index contributed by atoms with van der Waals surface area (Å²) in [5.74, 6) is 1.25. The molecule has 0 unspecified atom stereocenters. The highest BCUT2D eigenvalue weighted by atomic mass is 19.1. The summed E-state index contributed by atoms with van der Waals surface area (Å²) in [6, 6.07) is 8.01. The predicted molar refractivity (Wildman–Crippen MR) is 97.3 cm³/mol. The molecule has 0 radical (unpaired) electrons. The van der Waals surface area contributed by atoms with E-state index in [2.05, 4.69) is 20.7 Å². The van der Waals surface area contributed by atoms with Gasteiger partial charge in [-0.2, -0.15) is 5.10 Å². The van der Waals surface area contributed by atoms with Crippen molar-refractivity contribution in [2.45, 2.75) is 25.8 Å². The number of nitrogens with one attached hydrogen (secondary N) is 2. The molecule has 7 heteroatoms. The maximum atomic E-state index is 12.8. The number of benzene rings is 1. The van der Waals surface area contributed by atoms with Gasteiger partial charge in [-0.15, -0.1) is 0 Å². The highest BCUT2D eigenvalue weighted by molar-refractivity contribution is 5.79. The average molecular weight is 347 g/mol. The highest BCUT2D eigenvalue weighted by Gasteiger charge is 1.98. The molecule has 136 valence electrons. The molecule has 0 aliphatic heterocycles. The van der Waals surface area contributed by atoms with Gasteiger partial charge in [0.15, 0.2) is 5.96 Å². The fraction of sp³-hybridized carbons (Fsp3) is 0.444. The lowest BCUT2D eigenvalue weighted by Crippen LogP contribution is -2.38. The summed E-state index contributed by atoms with van der Waals surface area (Å²) in [6.45, 7) is 3.17. The van der Waals surface area contributed by atoms with Gasteiger partial charge >= 0.3 is 0 Å². The van der Waals surface area contributed by atoms with Crippen LogP contribution in [-0.2, 0) is 6.54 Å². The Labute approximate surface area is 148 Å². The number of aliphatic imine (C=N–C) groups is 1. The minimum Gasteiger partial charge on any atom is -0.494 e. The third-order valence-corrected chi connectivity index (χ3v) is 3.59. The Hall–Kier alpha value is -2.57. The van der Waals surface area contributed by atoms with Gasteiger partial charge in [0.1, 0.15) is 11.6 Å². The second-order valence-electron chi connectivity index (χ2n) is 5.56. The number of halogens is 1. The Bertz CT molecular complexity index is 613. The molecule has 0 saturated carbocycles. The van der Waals surface area contributed by atoms with Crippen LogP contribution in [0.2, 0.25) is 0 Å². The van der Waals surface area contributed by atoms with E-state index < -0.39 is 0 Å². The van der Waals surface area contributed by atoms with Crippen LogP contribution in [0, 0.1) is 5.82 Å². The number of nitrogens with zero attached hydrogens (tertiary/aromatic N) is 3. The summed E-state index contributed by atoms with van der Waals surface area (Å²) in [6.07, 6.45) is 6.61. The molecule has 2 aromatic rings. The summed E-state index contributed by atoms with van der Waals surface area (Å²) in [7, 11) is 1.76. The van der Waals surface area contributed by atoms with Gasteiger partial charge in [0.05, 0.1) is 6.61 Å². The van der Waals surface area contributed by atoms with Crippen LogP contribution in [0.4, 0.5) is 4.39 Å². The van der Waals surface area contributed by atoms with E-state index in [1.54, 1.807) is 25.4 Å². The molecular formula is C18H26FN5O. The van der Waals surface area contributed by atoms with Crippen LogP contribution in [0.3, 0.4) is 0 Å². The molecule has 6 nitrogen and oxygen atoms in total. The third kappa shape index (κ3) is 7.69. The normalized spacial score (nSPS) is 11.4. The number of hydrogen-bond acceptors (Lipinski definition) is 3. The van der Waals surface area contributed by atoms with E-state index in [1.165, 1.54) is 12.1 Å². The lowest BCUT2D eigenvalue weighted by molar-refractivity contribution is 0.306. The standard InChI is InChI=1S/C18H26FN5O/c1-20-18(22-11-4-13-24-14-5-12-23-24)21-10-2-3-15-25-17-8-6-16(19)7-9-17/h5-9,12,14H,2-4,10-11,13,15H2,1H3,(H2,20,21,22). The first-order valence-electron chi connectivity index (χ1n) is 8.58. The topological polar surface area (TPSA) is 63.5 Å². The first-order chi connectivity index (χ1) is 12.3. The highest BCUT2D eigenvalue weighted by Crippen LogP contribution is 2.11. The smallest absolute Gasteiger partial charge is 0.190 e. The molecule has 1 heterocycles. The number of aromatic nitrogens is 2. The zero-order valence-electron chi connectivity index (χ0n) is 14.6. The maximum absolute atomic E-state index is 12.8. The average Bonchev–Trinajstić information content (AvgIpc) is 3.14. The lowest BCUT2D eigenvalue weighted by Gasteiger charge is -2.12. The number of aryl methyl sites for hydroxylation is 1. The van der Waals surface area contributed by atoms with Gasteiger partial charge in [-0.25, -0.2) is 4.39 Å². The second kappa shape index (κ2) is 11.1. The van der Waals surface area contributed by atoms with E-state index in [4.69, 9.17) is 4.74 Å². The van der Waals surface area contributed by atoms with Crippen LogP contribution in [0.1, 0.15) is 19.3 Å². The van der Waals surface area contributed by atoms with Crippen LogP contribution >= 0.6 is 0 Å². The van der Waals surface area contributed by atoms with Crippen molar-refractivity contribution in [2.24, 2.45) is 4.99 Å². The Morgan fingerprint density at radius 2 is 1.92 bits per heavy atom. The van der Waals surface area contributed by atoms with Crippen molar-refractivity contribution in [2.75, 3.05) is 26.7 Å². The molecule has 0 bridgehead atoms. The minimum atomic E-state index is -0.250. The second-order valence-corrected chi connectivity index (χ2v) is 5.56. The van der Waals surface area contributed by atoms with Crippen LogP contribution in [-0.4, -0.2) is 42.5 Å². The molecule has 0 saturated heterocycles.